The molecular weight excluding hydrogens is 257 g/mol. The number of likely N-dealkylation sites (tertiary alicyclic amines) is 1. The van der Waals surface area contributed by atoms with Crippen molar-refractivity contribution >= 4 is 0 Å². The van der Waals surface area contributed by atoms with Gasteiger partial charge in [-0.05, 0) is 30.9 Å². The molecular formula is C16H24FNO2. The summed E-state index contributed by atoms with van der Waals surface area (Å²) in [4.78, 5) is 2.15. The first-order chi connectivity index (χ1) is 9.49. The Morgan fingerprint density at radius 1 is 1.40 bits per heavy atom. The van der Waals surface area contributed by atoms with Crippen LogP contribution in [0.1, 0.15) is 31.9 Å². The minimum absolute atomic E-state index is 0.0764. The van der Waals surface area contributed by atoms with Gasteiger partial charge in [-0.25, -0.2) is 4.39 Å². The zero-order chi connectivity index (χ0) is 14.7. The van der Waals surface area contributed by atoms with Crippen LogP contribution in [0.4, 0.5) is 4.39 Å². The molecule has 1 saturated heterocycles. The maximum Gasteiger partial charge on any atom is 0.129 e. The van der Waals surface area contributed by atoms with Gasteiger partial charge in [0, 0.05) is 18.7 Å². The van der Waals surface area contributed by atoms with E-state index in [0.717, 1.165) is 13.0 Å². The van der Waals surface area contributed by atoms with E-state index in [4.69, 9.17) is 0 Å². The topological polar surface area (TPSA) is 43.7 Å². The molecule has 0 spiro atoms. The van der Waals surface area contributed by atoms with Gasteiger partial charge in [-0.1, -0.05) is 32.0 Å². The van der Waals surface area contributed by atoms with Crippen LogP contribution in [-0.4, -0.2) is 40.9 Å². The Labute approximate surface area is 120 Å². The average Bonchev–Trinajstić information content (AvgIpc) is 2.42. The van der Waals surface area contributed by atoms with Crippen LogP contribution in [0.15, 0.2) is 24.3 Å². The molecule has 3 nitrogen and oxygen atoms in total. The molecule has 2 N–H and O–H groups in total. The molecule has 1 aromatic carbocycles. The van der Waals surface area contributed by atoms with Crippen LogP contribution in [0.3, 0.4) is 0 Å². The Morgan fingerprint density at radius 2 is 2.10 bits per heavy atom. The van der Waals surface area contributed by atoms with Gasteiger partial charge < -0.3 is 15.1 Å². The maximum absolute atomic E-state index is 13.7. The van der Waals surface area contributed by atoms with Crippen molar-refractivity contribution in [1.82, 2.24) is 4.90 Å². The number of benzene rings is 1. The molecule has 4 atom stereocenters. The van der Waals surface area contributed by atoms with Gasteiger partial charge in [-0.2, -0.15) is 0 Å². The second kappa shape index (κ2) is 6.66. The van der Waals surface area contributed by atoms with Crippen molar-refractivity contribution in [2.75, 3.05) is 19.6 Å². The molecule has 1 aliphatic rings. The number of hydrogen-bond acceptors (Lipinski definition) is 3. The van der Waals surface area contributed by atoms with Crippen LogP contribution in [0.2, 0.25) is 0 Å². The average molecular weight is 281 g/mol. The Bertz CT molecular complexity index is 440. The van der Waals surface area contributed by atoms with E-state index in [-0.39, 0.29) is 17.8 Å². The van der Waals surface area contributed by atoms with Gasteiger partial charge in [0.1, 0.15) is 5.82 Å². The zero-order valence-corrected chi connectivity index (χ0v) is 12.2. The number of aliphatic hydroxyl groups excluding tert-OH is 2. The molecule has 4 heteroatoms. The number of hydrogen-bond donors (Lipinski definition) is 2. The van der Waals surface area contributed by atoms with E-state index in [1.807, 2.05) is 6.92 Å². The molecule has 1 fully saturated rings. The van der Waals surface area contributed by atoms with Crippen LogP contribution in [0.25, 0.3) is 0 Å². The number of aliphatic hydroxyl groups is 2. The van der Waals surface area contributed by atoms with Gasteiger partial charge in [0.15, 0.2) is 0 Å². The minimum Gasteiger partial charge on any atom is -0.392 e. The minimum atomic E-state index is -0.812. The summed E-state index contributed by atoms with van der Waals surface area (Å²) < 4.78 is 13.7. The van der Waals surface area contributed by atoms with Crippen molar-refractivity contribution < 1.29 is 14.6 Å². The summed E-state index contributed by atoms with van der Waals surface area (Å²) in [6.45, 7) is 6.20. The maximum atomic E-state index is 13.7. The lowest BCUT2D eigenvalue weighted by molar-refractivity contribution is 0.00903. The standard InChI is InChI=1S/C16H24FNO2/c1-11-7-8-18(10-15(11)19)9-12(2)16(20)13-5-3-4-6-14(13)17/h3-6,11-12,15-16,19-20H,7-10H2,1-2H3. The van der Waals surface area contributed by atoms with Crippen molar-refractivity contribution in [3.8, 4) is 0 Å². The van der Waals surface area contributed by atoms with Crippen molar-refractivity contribution in [1.29, 1.82) is 0 Å². The number of β-amino-alcohol motifs (C(OH)–C–C–N with tert-alkyl or cyclic N) is 1. The van der Waals surface area contributed by atoms with Crippen molar-refractivity contribution in [2.24, 2.45) is 11.8 Å². The van der Waals surface area contributed by atoms with E-state index in [1.54, 1.807) is 18.2 Å². The lowest BCUT2D eigenvalue weighted by Gasteiger charge is -2.36. The molecule has 1 aromatic rings. The summed E-state index contributed by atoms with van der Waals surface area (Å²) in [7, 11) is 0. The summed E-state index contributed by atoms with van der Waals surface area (Å²) in [5.41, 5.74) is 0.353. The number of halogens is 1. The molecule has 0 aromatic heterocycles. The normalized spacial score (nSPS) is 27.2. The summed E-state index contributed by atoms with van der Waals surface area (Å²) in [6, 6.07) is 6.36. The second-order valence-corrected chi connectivity index (χ2v) is 6.04. The lowest BCUT2D eigenvalue weighted by Crippen LogP contribution is -2.45. The molecule has 112 valence electrons. The number of nitrogens with zero attached hydrogens (tertiary/aromatic N) is 1. The Hall–Kier alpha value is -0.970. The first-order valence-corrected chi connectivity index (χ1v) is 7.32. The van der Waals surface area contributed by atoms with Crippen molar-refractivity contribution in [3.63, 3.8) is 0 Å². The fourth-order valence-corrected chi connectivity index (χ4v) is 2.81. The third kappa shape index (κ3) is 3.57. The van der Waals surface area contributed by atoms with Gasteiger partial charge >= 0.3 is 0 Å². The van der Waals surface area contributed by atoms with Crippen LogP contribution in [0, 0.1) is 17.7 Å². The largest absolute Gasteiger partial charge is 0.392 e. The van der Waals surface area contributed by atoms with Gasteiger partial charge in [-0.15, -0.1) is 0 Å². The SMILES string of the molecule is CC1CCN(CC(C)C(O)c2ccccc2F)CC1O. The third-order valence-corrected chi connectivity index (χ3v) is 4.31. The third-order valence-electron chi connectivity index (χ3n) is 4.31. The number of piperidine rings is 1. The second-order valence-electron chi connectivity index (χ2n) is 6.04. The molecule has 1 aliphatic heterocycles. The Morgan fingerprint density at radius 3 is 2.75 bits per heavy atom. The molecule has 4 unspecified atom stereocenters. The lowest BCUT2D eigenvalue weighted by atomic mass is 9.93. The fraction of sp³-hybridized carbons (Fsp3) is 0.625. The first kappa shape index (κ1) is 15.4. The van der Waals surface area contributed by atoms with E-state index in [9.17, 15) is 14.6 Å². The first-order valence-electron chi connectivity index (χ1n) is 7.32. The highest BCUT2D eigenvalue weighted by Gasteiger charge is 2.27. The van der Waals surface area contributed by atoms with E-state index >= 15 is 0 Å². The smallest absolute Gasteiger partial charge is 0.129 e. The van der Waals surface area contributed by atoms with Gasteiger partial charge in [0.2, 0.25) is 0 Å². The molecule has 0 aliphatic carbocycles. The molecule has 0 radical (unpaired) electrons. The van der Waals surface area contributed by atoms with Crippen LogP contribution in [-0.2, 0) is 0 Å². The van der Waals surface area contributed by atoms with Crippen LogP contribution >= 0.6 is 0 Å². The highest BCUT2D eigenvalue weighted by Crippen LogP contribution is 2.26. The Balaban J connectivity index is 1.95. The number of rotatable bonds is 4. The highest BCUT2D eigenvalue weighted by atomic mass is 19.1. The summed E-state index contributed by atoms with van der Waals surface area (Å²) in [5, 5.41) is 20.2. The van der Waals surface area contributed by atoms with E-state index < -0.39 is 6.10 Å². The highest BCUT2D eigenvalue weighted by molar-refractivity contribution is 5.20. The van der Waals surface area contributed by atoms with E-state index in [1.165, 1.54) is 6.07 Å². The quantitative estimate of drug-likeness (QED) is 0.889. The van der Waals surface area contributed by atoms with Crippen LogP contribution in [0.5, 0.6) is 0 Å². The summed E-state index contributed by atoms with van der Waals surface area (Å²) in [6.07, 6.45) is -0.154. The van der Waals surface area contributed by atoms with Gasteiger partial charge in [0.05, 0.1) is 12.2 Å². The fourth-order valence-electron chi connectivity index (χ4n) is 2.81. The molecule has 2 rings (SSSR count). The van der Waals surface area contributed by atoms with Crippen molar-refractivity contribution in [2.45, 2.75) is 32.5 Å². The van der Waals surface area contributed by atoms with Gasteiger partial charge in [-0.3, -0.25) is 0 Å². The van der Waals surface area contributed by atoms with E-state index in [2.05, 4.69) is 11.8 Å². The molecule has 0 bridgehead atoms. The zero-order valence-electron chi connectivity index (χ0n) is 12.2. The molecule has 20 heavy (non-hydrogen) atoms. The molecule has 0 amide bonds. The summed E-state index contributed by atoms with van der Waals surface area (Å²) >= 11 is 0. The predicted octanol–water partition coefficient (Wildman–Crippen LogP) is 2.20. The van der Waals surface area contributed by atoms with Gasteiger partial charge in [0.25, 0.3) is 0 Å². The molecule has 1 heterocycles. The predicted molar refractivity (Wildman–Crippen MR) is 76.8 cm³/mol. The summed E-state index contributed by atoms with van der Waals surface area (Å²) in [5.74, 6) is -0.107. The van der Waals surface area contributed by atoms with Crippen LogP contribution < -0.4 is 0 Å². The molecule has 0 saturated carbocycles. The van der Waals surface area contributed by atoms with Crippen molar-refractivity contribution in [3.05, 3.63) is 35.6 Å². The Kier molecular flexibility index (Phi) is 5.13. The van der Waals surface area contributed by atoms with E-state index in [0.29, 0.717) is 24.6 Å². The monoisotopic (exact) mass is 281 g/mol.